The SMILES string of the molecule is C[C@H](OC(=O)/C(=C/c1cccc(OCc2ccccc2)c1)c1cccs1)C(N)=O. The van der Waals surface area contributed by atoms with E-state index >= 15 is 0 Å². The lowest BCUT2D eigenvalue weighted by atomic mass is 10.1. The summed E-state index contributed by atoms with van der Waals surface area (Å²) in [6, 6.07) is 21.0. The van der Waals surface area contributed by atoms with E-state index in [1.165, 1.54) is 18.3 Å². The van der Waals surface area contributed by atoms with E-state index in [0.717, 1.165) is 16.0 Å². The minimum atomic E-state index is -1.01. The molecule has 29 heavy (non-hydrogen) atoms. The Kier molecular flexibility index (Phi) is 6.81. The topological polar surface area (TPSA) is 78.6 Å². The quantitative estimate of drug-likeness (QED) is 0.446. The molecule has 0 spiro atoms. The molecule has 1 atom stereocenters. The highest BCUT2D eigenvalue weighted by Gasteiger charge is 2.20. The summed E-state index contributed by atoms with van der Waals surface area (Å²) in [5.41, 5.74) is 7.41. The highest BCUT2D eigenvalue weighted by Crippen LogP contribution is 2.26. The average Bonchev–Trinajstić information content (AvgIpc) is 3.26. The van der Waals surface area contributed by atoms with E-state index in [9.17, 15) is 9.59 Å². The van der Waals surface area contributed by atoms with Gasteiger partial charge in [-0.2, -0.15) is 0 Å². The Hall–Kier alpha value is -3.38. The zero-order valence-electron chi connectivity index (χ0n) is 15.9. The van der Waals surface area contributed by atoms with Gasteiger partial charge in [0.15, 0.2) is 6.10 Å². The lowest BCUT2D eigenvalue weighted by Crippen LogP contribution is -2.30. The van der Waals surface area contributed by atoms with Crippen molar-refractivity contribution in [3.05, 3.63) is 88.1 Å². The van der Waals surface area contributed by atoms with Crippen LogP contribution in [0.15, 0.2) is 72.1 Å². The molecule has 1 amide bonds. The number of amides is 1. The summed E-state index contributed by atoms with van der Waals surface area (Å²) in [5, 5.41) is 1.87. The second kappa shape index (κ2) is 9.71. The lowest BCUT2D eigenvalue weighted by Gasteiger charge is -2.12. The smallest absolute Gasteiger partial charge is 0.340 e. The van der Waals surface area contributed by atoms with E-state index in [-0.39, 0.29) is 0 Å². The van der Waals surface area contributed by atoms with Crippen LogP contribution in [0, 0.1) is 0 Å². The van der Waals surface area contributed by atoms with Crippen LogP contribution >= 0.6 is 11.3 Å². The van der Waals surface area contributed by atoms with Crippen molar-refractivity contribution in [2.24, 2.45) is 5.73 Å². The van der Waals surface area contributed by atoms with E-state index < -0.39 is 18.0 Å². The number of carbonyl (C=O) groups excluding carboxylic acids is 2. The number of rotatable bonds is 8. The number of nitrogens with two attached hydrogens (primary N) is 1. The Morgan fingerprint density at radius 3 is 2.55 bits per heavy atom. The Morgan fingerprint density at radius 2 is 1.86 bits per heavy atom. The van der Waals surface area contributed by atoms with Crippen LogP contribution in [0.4, 0.5) is 0 Å². The summed E-state index contributed by atoms with van der Waals surface area (Å²) in [5.74, 6) is -0.610. The van der Waals surface area contributed by atoms with Gasteiger partial charge >= 0.3 is 5.97 Å². The molecular formula is C23H21NO4S. The van der Waals surface area contributed by atoms with Crippen molar-refractivity contribution in [2.45, 2.75) is 19.6 Å². The molecule has 0 aliphatic carbocycles. The number of benzene rings is 2. The maximum Gasteiger partial charge on any atom is 0.340 e. The van der Waals surface area contributed by atoms with Gasteiger partial charge in [-0.15, -0.1) is 11.3 Å². The summed E-state index contributed by atoms with van der Waals surface area (Å²) < 4.78 is 11.1. The first-order chi connectivity index (χ1) is 14.0. The fourth-order valence-corrected chi connectivity index (χ4v) is 3.28. The molecule has 0 fully saturated rings. The Labute approximate surface area is 173 Å². The molecule has 0 aliphatic heterocycles. The van der Waals surface area contributed by atoms with Crippen molar-refractivity contribution in [3.63, 3.8) is 0 Å². The summed E-state index contributed by atoms with van der Waals surface area (Å²) in [6.45, 7) is 1.90. The largest absolute Gasteiger partial charge is 0.489 e. The number of ether oxygens (including phenoxy) is 2. The first-order valence-electron chi connectivity index (χ1n) is 9.05. The number of esters is 1. The van der Waals surface area contributed by atoms with Gasteiger partial charge in [0.05, 0.1) is 5.57 Å². The van der Waals surface area contributed by atoms with Gasteiger partial charge in [-0.05, 0) is 47.7 Å². The van der Waals surface area contributed by atoms with Crippen LogP contribution in [0.3, 0.4) is 0 Å². The van der Waals surface area contributed by atoms with Crippen LogP contribution in [0.2, 0.25) is 0 Å². The molecule has 0 saturated heterocycles. The standard InChI is InChI=1S/C23H21NO4S/c1-16(22(24)25)28-23(26)20(21-11-6-12-29-21)14-18-9-5-10-19(13-18)27-15-17-7-3-2-4-8-17/h2-14,16H,15H2,1H3,(H2,24,25)/b20-14+/t16-/m0/s1. The van der Waals surface area contributed by atoms with Crippen molar-refractivity contribution >= 4 is 34.9 Å². The van der Waals surface area contributed by atoms with Crippen LogP contribution in [-0.2, 0) is 20.9 Å². The normalized spacial score (nSPS) is 12.2. The summed E-state index contributed by atoms with van der Waals surface area (Å²) in [7, 11) is 0. The number of thiophene rings is 1. The second-order valence-corrected chi connectivity index (χ2v) is 7.28. The Morgan fingerprint density at radius 1 is 1.07 bits per heavy atom. The third-order valence-corrected chi connectivity index (χ3v) is 5.01. The number of hydrogen-bond donors (Lipinski definition) is 1. The van der Waals surface area contributed by atoms with Crippen LogP contribution in [-0.4, -0.2) is 18.0 Å². The first-order valence-corrected chi connectivity index (χ1v) is 9.93. The van der Waals surface area contributed by atoms with Gasteiger partial charge in [0, 0.05) is 4.88 Å². The summed E-state index contributed by atoms with van der Waals surface area (Å²) in [6.07, 6.45) is 0.712. The van der Waals surface area contributed by atoms with Crippen molar-refractivity contribution in [1.82, 2.24) is 0 Å². The van der Waals surface area contributed by atoms with Gasteiger partial charge in [0.2, 0.25) is 0 Å². The molecule has 0 saturated carbocycles. The van der Waals surface area contributed by atoms with Gasteiger partial charge in [-0.3, -0.25) is 4.79 Å². The Bertz CT molecular complexity index is 997. The number of primary amides is 1. The molecule has 5 nitrogen and oxygen atoms in total. The lowest BCUT2D eigenvalue weighted by molar-refractivity contribution is -0.147. The number of carbonyl (C=O) groups is 2. The van der Waals surface area contributed by atoms with Crippen molar-refractivity contribution in [2.75, 3.05) is 0 Å². The van der Waals surface area contributed by atoms with E-state index in [1.807, 2.05) is 72.1 Å². The predicted octanol–water partition coefficient (Wildman–Crippen LogP) is 4.28. The fraction of sp³-hybridized carbons (Fsp3) is 0.130. The van der Waals surface area contributed by atoms with Crippen molar-refractivity contribution in [3.8, 4) is 5.75 Å². The monoisotopic (exact) mass is 407 g/mol. The summed E-state index contributed by atoms with van der Waals surface area (Å²) in [4.78, 5) is 24.6. The summed E-state index contributed by atoms with van der Waals surface area (Å²) >= 11 is 1.41. The third-order valence-electron chi connectivity index (χ3n) is 4.11. The van der Waals surface area contributed by atoms with Crippen LogP contribution < -0.4 is 10.5 Å². The molecule has 148 valence electrons. The molecule has 6 heteroatoms. The van der Waals surface area contributed by atoms with Crippen LogP contribution in [0.5, 0.6) is 5.75 Å². The highest BCUT2D eigenvalue weighted by molar-refractivity contribution is 7.11. The van der Waals surface area contributed by atoms with Gasteiger partial charge in [-0.25, -0.2) is 4.79 Å². The molecule has 1 heterocycles. The first kappa shape index (κ1) is 20.4. The fourth-order valence-electron chi connectivity index (χ4n) is 2.55. The minimum absolute atomic E-state index is 0.355. The zero-order valence-corrected chi connectivity index (χ0v) is 16.7. The van der Waals surface area contributed by atoms with Crippen molar-refractivity contribution < 1.29 is 19.1 Å². The molecule has 3 aromatic rings. The van der Waals surface area contributed by atoms with Crippen LogP contribution in [0.25, 0.3) is 11.6 Å². The van der Waals surface area contributed by atoms with E-state index in [0.29, 0.717) is 17.9 Å². The van der Waals surface area contributed by atoms with E-state index in [4.69, 9.17) is 15.2 Å². The molecular weight excluding hydrogens is 386 g/mol. The molecule has 2 N–H and O–H groups in total. The molecule has 0 aliphatic rings. The molecule has 2 aromatic carbocycles. The average molecular weight is 407 g/mol. The maximum atomic E-state index is 12.6. The zero-order chi connectivity index (χ0) is 20.6. The molecule has 0 unspecified atom stereocenters. The van der Waals surface area contributed by atoms with Gasteiger partial charge < -0.3 is 15.2 Å². The molecule has 0 bridgehead atoms. The van der Waals surface area contributed by atoms with E-state index in [2.05, 4.69) is 0 Å². The molecule has 1 aromatic heterocycles. The van der Waals surface area contributed by atoms with Gasteiger partial charge in [0.25, 0.3) is 5.91 Å². The third kappa shape index (κ3) is 5.80. The predicted molar refractivity (Wildman–Crippen MR) is 114 cm³/mol. The van der Waals surface area contributed by atoms with Crippen LogP contribution in [0.1, 0.15) is 22.9 Å². The number of hydrogen-bond acceptors (Lipinski definition) is 5. The Balaban J connectivity index is 1.82. The highest BCUT2D eigenvalue weighted by atomic mass is 32.1. The molecule has 3 rings (SSSR count). The second-order valence-electron chi connectivity index (χ2n) is 6.33. The van der Waals surface area contributed by atoms with Gasteiger partial charge in [-0.1, -0.05) is 48.5 Å². The van der Waals surface area contributed by atoms with Crippen molar-refractivity contribution in [1.29, 1.82) is 0 Å². The minimum Gasteiger partial charge on any atom is -0.489 e. The van der Waals surface area contributed by atoms with E-state index in [1.54, 1.807) is 6.08 Å². The van der Waals surface area contributed by atoms with Gasteiger partial charge in [0.1, 0.15) is 12.4 Å². The molecule has 0 radical (unpaired) electrons. The maximum absolute atomic E-state index is 12.6.